The topological polar surface area (TPSA) is 96.6 Å². The maximum absolute atomic E-state index is 11.8. The molecule has 0 fully saturated rings. The van der Waals surface area contributed by atoms with Crippen molar-refractivity contribution in [3.63, 3.8) is 0 Å². The number of thioether (sulfide) groups is 1. The molecule has 0 spiro atoms. The number of benzene rings is 2. The fraction of sp³-hybridized carbons (Fsp3) is 0.320. The van der Waals surface area contributed by atoms with Crippen LogP contribution < -0.4 is 0 Å². The van der Waals surface area contributed by atoms with Crippen LogP contribution in [0.1, 0.15) is 29.7 Å². The molecule has 0 aliphatic carbocycles. The van der Waals surface area contributed by atoms with E-state index in [1.165, 1.54) is 11.8 Å². The highest BCUT2D eigenvalue weighted by Crippen LogP contribution is 2.31. The summed E-state index contributed by atoms with van der Waals surface area (Å²) in [7, 11) is -3.30. The lowest BCUT2D eigenvalue weighted by atomic mass is 10.1. The summed E-state index contributed by atoms with van der Waals surface area (Å²) in [4.78, 5) is 11.6. The molecule has 0 aliphatic rings. The van der Waals surface area contributed by atoms with Crippen LogP contribution in [0.5, 0.6) is 0 Å². The summed E-state index contributed by atoms with van der Waals surface area (Å²) in [6.07, 6.45) is 2.91. The fourth-order valence-electron chi connectivity index (χ4n) is 3.67. The van der Waals surface area contributed by atoms with Crippen molar-refractivity contribution in [1.29, 1.82) is 0 Å². The van der Waals surface area contributed by atoms with Crippen LogP contribution in [-0.2, 0) is 26.8 Å². The first-order valence-corrected chi connectivity index (χ1v) is 13.8. The van der Waals surface area contributed by atoms with Crippen molar-refractivity contribution in [1.82, 2.24) is 4.57 Å². The van der Waals surface area contributed by atoms with Gasteiger partial charge in [-0.25, -0.2) is 8.42 Å². The minimum absolute atomic E-state index is 0.0875. The summed E-state index contributed by atoms with van der Waals surface area (Å²) in [6, 6.07) is 16.7. The molecular weight excluding hydrogens is 458 g/mol. The summed E-state index contributed by atoms with van der Waals surface area (Å²) < 4.78 is 25.7. The number of aliphatic hydroxyl groups is 1. The van der Waals surface area contributed by atoms with Crippen molar-refractivity contribution >= 4 is 27.6 Å². The van der Waals surface area contributed by atoms with E-state index in [1.807, 2.05) is 41.5 Å². The van der Waals surface area contributed by atoms with E-state index in [-0.39, 0.29) is 17.9 Å². The van der Waals surface area contributed by atoms with Crippen LogP contribution in [0.15, 0.2) is 59.5 Å². The number of nitrogens with zero attached hydrogens (tertiary/aromatic N) is 1. The molecule has 0 unspecified atom stereocenters. The highest BCUT2D eigenvalue weighted by molar-refractivity contribution is 7.98. The SMILES string of the molecule is Cc1c(CC(=O)O)cc(-c2ccc(S(C)(=O)=O)cc2)n1-c1ccc(CSCCCCO)cc1. The lowest BCUT2D eigenvalue weighted by molar-refractivity contribution is -0.136. The molecule has 3 rings (SSSR count). The Hall–Kier alpha value is -2.55. The number of aromatic nitrogens is 1. The molecule has 176 valence electrons. The largest absolute Gasteiger partial charge is 0.481 e. The van der Waals surface area contributed by atoms with Crippen molar-refractivity contribution in [2.45, 2.75) is 36.8 Å². The van der Waals surface area contributed by atoms with Gasteiger partial charge in [0, 0.05) is 30.0 Å². The Labute approximate surface area is 199 Å². The van der Waals surface area contributed by atoms with Gasteiger partial charge in [-0.1, -0.05) is 24.3 Å². The summed E-state index contributed by atoms with van der Waals surface area (Å²) >= 11 is 1.83. The van der Waals surface area contributed by atoms with Crippen LogP contribution in [-0.4, -0.2) is 47.8 Å². The minimum atomic E-state index is -3.30. The molecule has 33 heavy (non-hydrogen) atoms. The Morgan fingerprint density at radius 1 is 1.03 bits per heavy atom. The maximum atomic E-state index is 11.8. The summed E-state index contributed by atoms with van der Waals surface area (Å²) in [5.41, 5.74) is 5.29. The van der Waals surface area contributed by atoms with E-state index in [2.05, 4.69) is 12.1 Å². The van der Waals surface area contributed by atoms with Gasteiger partial charge in [0.1, 0.15) is 0 Å². The molecule has 0 saturated heterocycles. The number of hydrogen-bond acceptors (Lipinski definition) is 5. The number of unbranched alkanes of at least 4 members (excludes halogenated alkanes) is 1. The molecule has 8 heteroatoms. The zero-order valence-electron chi connectivity index (χ0n) is 18.8. The number of rotatable bonds is 11. The van der Waals surface area contributed by atoms with Crippen LogP contribution in [0.2, 0.25) is 0 Å². The first kappa shape index (κ1) is 25.1. The number of aliphatic carboxylic acids is 1. The molecule has 0 amide bonds. The summed E-state index contributed by atoms with van der Waals surface area (Å²) in [5, 5.41) is 18.2. The van der Waals surface area contributed by atoms with Gasteiger partial charge < -0.3 is 14.8 Å². The molecule has 2 N–H and O–H groups in total. The zero-order valence-corrected chi connectivity index (χ0v) is 20.5. The van der Waals surface area contributed by atoms with Crippen LogP contribution in [0.3, 0.4) is 0 Å². The predicted molar refractivity (Wildman–Crippen MR) is 133 cm³/mol. The average molecular weight is 488 g/mol. The molecule has 2 aromatic carbocycles. The molecule has 6 nitrogen and oxygen atoms in total. The number of sulfone groups is 1. The Balaban J connectivity index is 1.93. The summed E-state index contributed by atoms with van der Waals surface area (Å²) in [5.74, 6) is 0.994. The van der Waals surface area contributed by atoms with Crippen molar-refractivity contribution in [3.8, 4) is 16.9 Å². The van der Waals surface area contributed by atoms with Gasteiger partial charge in [0.05, 0.1) is 17.0 Å². The van der Waals surface area contributed by atoms with E-state index in [9.17, 15) is 18.3 Å². The Bertz CT molecular complexity index is 1200. The minimum Gasteiger partial charge on any atom is -0.481 e. The third-order valence-electron chi connectivity index (χ3n) is 5.43. The molecule has 1 aromatic heterocycles. The fourth-order valence-corrected chi connectivity index (χ4v) is 5.28. The number of carboxylic acid groups (broad SMARTS) is 1. The summed E-state index contributed by atoms with van der Waals surface area (Å²) in [6.45, 7) is 2.13. The van der Waals surface area contributed by atoms with E-state index in [0.29, 0.717) is 5.56 Å². The Morgan fingerprint density at radius 3 is 2.27 bits per heavy atom. The van der Waals surface area contributed by atoms with E-state index in [4.69, 9.17) is 5.11 Å². The molecule has 0 saturated carbocycles. The van der Waals surface area contributed by atoms with Gasteiger partial charge in [-0.15, -0.1) is 0 Å². The second kappa shape index (κ2) is 11.0. The number of aliphatic hydroxyl groups excluding tert-OH is 1. The van der Waals surface area contributed by atoms with Gasteiger partial charge in [-0.3, -0.25) is 4.79 Å². The lowest BCUT2D eigenvalue weighted by Gasteiger charge is -2.14. The lowest BCUT2D eigenvalue weighted by Crippen LogP contribution is -2.03. The second-order valence-corrected chi connectivity index (χ2v) is 11.1. The molecule has 1 heterocycles. The number of hydrogen-bond donors (Lipinski definition) is 2. The van der Waals surface area contributed by atoms with Crippen molar-refractivity contribution in [3.05, 3.63) is 71.4 Å². The van der Waals surface area contributed by atoms with Crippen LogP contribution >= 0.6 is 11.8 Å². The highest BCUT2D eigenvalue weighted by Gasteiger charge is 2.17. The van der Waals surface area contributed by atoms with Gasteiger partial charge in [-0.05, 0) is 72.5 Å². The molecular formula is C25H29NO5S2. The van der Waals surface area contributed by atoms with Gasteiger partial charge in [0.25, 0.3) is 0 Å². The third-order valence-corrected chi connectivity index (χ3v) is 7.68. The first-order valence-electron chi connectivity index (χ1n) is 10.7. The highest BCUT2D eigenvalue weighted by atomic mass is 32.2. The zero-order chi connectivity index (χ0) is 24.0. The predicted octanol–water partition coefficient (Wildman–Crippen LogP) is 4.49. The number of carbonyl (C=O) groups is 1. The Kier molecular flexibility index (Phi) is 8.40. The monoisotopic (exact) mass is 487 g/mol. The first-order chi connectivity index (χ1) is 15.7. The van der Waals surface area contributed by atoms with E-state index in [1.54, 1.807) is 24.3 Å². The van der Waals surface area contributed by atoms with Crippen molar-refractivity contribution in [2.75, 3.05) is 18.6 Å². The van der Waals surface area contributed by atoms with Crippen molar-refractivity contribution < 1.29 is 23.4 Å². The van der Waals surface area contributed by atoms with Crippen LogP contribution in [0.25, 0.3) is 16.9 Å². The average Bonchev–Trinajstić information content (AvgIpc) is 3.09. The molecule has 0 bridgehead atoms. The Morgan fingerprint density at radius 2 is 1.70 bits per heavy atom. The molecule has 0 aliphatic heterocycles. The van der Waals surface area contributed by atoms with Gasteiger partial charge in [-0.2, -0.15) is 11.8 Å². The second-order valence-electron chi connectivity index (χ2n) is 7.99. The van der Waals surface area contributed by atoms with Crippen molar-refractivity contribution in [2.24, 2.45) is 0 Å². The van der Waals surface area contributed by atoms with Gasteiger partial charge >= 0.3 is 5.97 Å². The molecule has 3 aromatic rings. The standard InChI is InChI=1S/C25H29NO5S2/c1-18-21(16-25(28)29)15-24(20-7-11-23(12-8-20)33(2,30)31)26(18)22-9-5-19(6-10-22)17-32-14-4-3-13-27/h5-12,15,27H,3-4,13-14,16-17H2,1-2H3,(H,28,29). The quantitative estimate of drug-likeness (QED) is 0.387. The van der Waals surface area contributed by atoms with Crippen LogP contribution in [0, 0.1) is 6.92 Å². The molecule has 0 atom stereocenters. The van der Waals surface area contributed by atoms with E-state index < -0.39 is 15.8 Å². The molecule has 0 radical (unpaired) electrons. The normalized spacial score (nSPS) is 11.6. The number of carboxylic acids is 1. The van der Waals surface area contributed by atoms with Crippen LogP contribution in [0.4, 0.5) is 0 Å². The maximum Gasteiger partial charge on any atom is 0.307 e. The van der Waals surface area contributed by atoms with E-state index in [0.717, 1.165) is 47.0 Å². The van der Waals surface area contributed by atoms with Gasteiger partial charge in [0.2, 0.25) is 0 Å². The third kappa shape index (κ3) is 6.50. The van der Waals surface area contributed by atoms with Gasteiger partial charge in [0.15, 0.2) is 9.84 Å². The smallest absolute Gasteiger partial charge is 0.307 e. The van der Waals surface area contributed by atoms with E-state index >= 15 is 0 Å².